The van der Waals surface area contributed by atoms with Crippen molar-refractivity contribution in [3.8, 4) is 5.75 Å². The quantitative estimate of drug-likeness (QED) is 0.898. The van der Waals surface area contributed by atoms with E-state index < -0.39 is 0 Å². The highest BCUT2D eigenvalue weighted by molar-refractivity contribution is 5.94. The number of methoxy groups -OCH3 is 1. The van der Waals surface area contributed by atoms with Gasteiger partial charge >= 0.3 is 0 Å². The van der Waals surface area contributed by atoms with Crippen LogP contribution in [0.25, 0.3) is 0 Å². The maximum Gasteiger partial charge on any atom is 0.253 e. The lowest BCUT2D eigenvalue weighted by Gasteiger charge is -2.38. The first-order valence-corrected chi connectivity index (χ1v) is 9.08. The van der Waals surface area contributed by atoms with E-state index in [-0.39, 0.29) is 5.91 Å². The number of carbonyl (C=O) groups is 1. The molecular formula is C21H27N3O2. The number of hydrogen-bond acceptors (Lipinski definition) is 4. The predicted molar refractivity (Wildman–Crippen MR) is 103 cm³/mol. The lowest BCUT2D eigenvalue weighted by Crippen LogP contribution is -2.49. The van der Waals surface area contributed by atoms with Crippen LogP contribution in [0.4, 0.5) is 0 Å². The molecule has 1 aliphatic heterocycles. The third-order valence-corrected chi connectivity index (χ3v) is 5.16. The first-order chi connectivity index (χ1) is 12.6. The van der Waals surface area contributed by atoms with E-state index in [9.17, 15) is 4.79 Å². The number of rotatable bonds is 5. The molecule has 0 spiro atoms. The highest BCUT2D eigenvalue weighted by Gasteiger charge is 2.25. The van der Waals surface area contributed by atoms with E-state index in [0.29, 0.717) is 12.6 Å². The van der Waals surface area contributed by atoms with Crippen LogP contribution in [-0.4, -0.2) is 49.0 Å². The topological polar surface area (TPSA) is 58.8 Å². The number of nitrogens with two attached hydrogens (primary N) is 1. The SMILES string of the molecule is COc1cccc(C(C)N2CCN(C(=O)c3ccc(CN)cc3)CC2)c1. The van der Waals surface area contributed by atoms with Gasteiger partial charge in [0.2, 0.25) is 0 Å². The average Bonchev–Trinajstić information content (AvgIpc) is 2.73. The lowest BCUT2D eigenvalue weighted by atomic mass is 10.1. The number of ether oxygens (including phenoxy) is 1. The molecular weight excluding hydrogens is 326 g/mol. The maximum absolute atomic E-state index is 12.7. The fourth-order valence-electron chi connectivity index (χ4n) is 3.39. The van der Waals surface area contributed by atoms with Crippen LogP contribution in [0.3, 0.4) is 0 Å². The molecule has 2 N–H and O–H groups in total. The minimum Gasteiger partial charge on any atom is -0.497 e. The zero-order valence-electron chi connectivity index (χ0n) is 15.5. The van der Waals surface area contributed by atoms with Crippen molar-refractivity contribution in [2.24, 2.45) is 5.73 Å². The Labute approximate surface area is 155 Å². The second-order valence-electron chi connectivity index (χ2n) is 6.68. The molecule has 2 aromatic carbocycles. The Kier molecular flexibility index (Phi) is 5.91. The van der Waals surface area contributed by atoms with Crippen molar-refractivity contribution in [1.29, 1.82) is 0 Å². The Morgan fingerprint density at radius 2 is 1.81 bits per heavy atom. The standard InChI is InChI=1S/C21H27N3O2/c1-16(19-4-3-5-20(14-19)26-2)23-10-12-24(13-11-23)21(25)18-8-6-17(15-22)7-9-18/h3-9,14,16H,10-13,15,22H2,1-2H3. The molecule has 1 fully saturated rings. The van der Waals surface area contributed by atoms with Crippen molar-refractivity contribution in [3.63, 3.8) is 0 Å². The largest absolute Gasteiger partial charge is 0.497 e. The summed E-state index contributed by atoms with van der Waals surface area (Å²) in [6.45, 7) is 5.92. The summed E-state index contributed by atoms with van der Waals surface area (Å²) in [7, 11) is 1.69. The molecule has 1 amide bonds. The van der Waals surface area contributed by atoms with Crippen LogP contribution in [0.1, 0.15) is 34.5 Å². The summed E-state index contributed by atoms with van der Waals surface area (Å²) >= 11 is 0. The molecule has 0 radical (unpaired) electrons. The number of carbonyl (C=O) groups excluding carboxylic acids is 1. The van der Waals surface area contributed by atoms with Crippen LogP contribution >= 0.6 is 0 Å². The van der Waals surface area contributed by atoms with E-state index in [1.165, 1.54) is 5.56 Å². The molecule has 0 aromatic heterocycles. The van der Waals surface area contributed by atoms with Gasteiger partial charge in [-0.1, -0.05) is 24.3 Å². The van der Waals surface area contributed by atoms with Crippen LogP contribution in [0.5, 0.6) is 5.75 Å². The Balaban J connectivity index is 1.60. The second kappa shape index (κ2) is 8.34. The van der Waals surface area contributed by atoms with Gasteiger partial charge in [0.15, 0.2) is 0 Å². The first kappa shape index (κ1) is 18.4. The number of nitrogens with zero attached hydrogens (tertiary/aromatic N) is 2. The van der Waals surface area contributed by atoms with Gasteiger partial charge < -0.3 is 15.4 Å². The molecule has 0 bridgehead atoms. The van der Waals surface area contributed by atoms with Crippen molar-refractivity contribution in [1.82, 2.24) is 9.80 Å². The average molecular weight is 353 g/mol. The number of benzene rings is 2. The molecule has 0 saturated carbocycles. The van der Waals surface area contributed by atoms with Crippen molar-refractivity contribution in [3.05, 3.63) is 65.2 Å². The highest BCUT2D eigenvalue weighted by atomic mass is 16.5. The van der Waals surface area contributed by atoms with Gasteiger partial charge in [0.1, 0.15) is 5.75 Å². The van der Waals surface area contributed by atoms with E-state index >= 15 is 0 Å². The molecule has 5 heteroatoms. The number of piperazine rings is 1. The van der Waals surface area contributed by atoms with Gasteiger partial charge in [0, 0.05) is 44.3 Å². The van der Waals surface area contributed by atoms with Gasteiger partial charge in [-0.15, -0.1) is 0 Å². The van der Waals surface area contributed by atoms with E-state index in [1.807, 2.05) is 41.3 Å². The van der Waals surface area contributed by atoms with Crippen molar-refractivity contribution in [2.75, 3.05) is 33.3 Å². The highest BCUT2D eigenvalue weighted by Crippen LogP contribution is 2.25. The van der Waals surface area contributed by atoms with Crippen molar-refractivity contribution >= 4 is 5.91 Å². The van der Waals surface area contributed by atoms with Crippen LogP contribution in [0, 0.1) is 0 Å². The van der Waals surface area contributed by atoms with Crippen LogP contribution in [0.2, 0.25) is 0 Å². The van der Waals surface area contributed by atoms with Gasteiger partial charge in [-0.3, -0.25) is 9.69 Å². The van der Waals surface area contributed by atoms with Gasteiger partial charge in [0.05, 0.1) is 7.11 Å². The molecule has 1 saturated heterocycles. The lowest BCUT2D eigenvalue weighted by molar-refractivity contribution is 0.0582. The summed E-state index contributed by atoms with van der Waals surface area (Å²) in [5, 5.41) is 0. The van der Waals surface area contributed by atoms with E-state index in [2.05, 4.69) is 24.0 Å². The summed E-state index contributed by atoms with van der Waals surface area (Å²) in [5.41, 5.74) is 8.63. The monoisotopic (exact) mass is 353 g/mol. The minimum absolute atomic E-state index is 0.0993. The van der Waals surface area contributed by atoms with Crippen LogP contribution in [0.15, 0.2) is 48.5 Å². The van der Waals surface area contributed by atoms with Gasteiger partial charge in [0.25, 0.3) is 5.91 Å². The summed E-state index contributed by atoms with van der Waals surface area (Å²) in [6.07, 6.45) is 0. The summed E-state index contributed by atoms with van der Waals surface area (Å²) in [6, 6.07) is 16.1. The Morgan fingerprint density at radius 3 is 2.42 bits per heavy atom. The Hall–Kier alpha value is -2.37. The van der Waals surface area contributed by atoms with Gasteiger partial charge in [-0.2, -0.15) is 0 Å². The van der Waals surface area contributed by atoms with Gasteiger partial charge in [-0.25, -0.2) is 0 Å². The van der Waals surface area contributed by atoms with Gasteiger partial charge in [-0.05, 0) is 42.3 Å². The van der Waals surface area contributed by atoms with Crippen molar-refractivity contribution in [2.45, 2.75) is 19.5 Å². The minimum atomic E-state index is 0.0993. The molecule has 26 heavy (non-hydrogen) atoms. The van der Waals surface area contributed by atoms with E-state index in [1.54, 1.807) is 7.11 Å². The number of amides is 1. The fraction of sp³-hybridized carbons (Fsp3) is 0.381. The van der Waals surface area contributed by atoms with Crippen LogP contribution in [-0.2, 0) is 6.54 Å². The smallest absolute Gasteiger partial charge is 0.253 e. The summed E-state index contributed by atoms with van der Waals surface area (Å²) in [4.78, 5) is 17.0. The predicted octanol–water partition coefficient (Wildman–Crippen LogP) is 2.67. The van der Waals surface area contributed by atoms with Crippen LogP contribution < -0.4 is 10.5 Å². The first-order valence-electron chi connectivity index (χ1n) is 9.08. The number of hydrogen-bond donors (Lipinski definition) is 1. The third-order valence-electron chi connectivity index (χ3n) is 5.16. The molecule has 5 nitrogen and oxygen atoms in total. The fourth-order valence-corrected chi connectivity index (χ4v) is 3.39. The zero-order chi connectivity index (χ0) is 18.5. The molecule has 3 rings (SSSR count). The third kappa shape index (κ3) is 4.06. The van der Waals surface area contributed by atoms with E-state index in [0.717, 1.165) is 43.1 Å². The molecule has 1 aliphatic rings. The molecule has 0 aliphatic carbocycles. The zero-order valence-corrected chi connectivity index (χ0v) is 15.5. The van der Waals surface area contributed by atoms with Crippen molar-refractivity contribution < 1.29 is 9.53 Å². The summed E-state index contributed by atoms with van der Waals surface area (Å²) < 4.78 is 5.33. The Bertz CT molecular complexity index is 737. The second-order valence-corrected chi connectivity index (χ2v) is 6.68. The molecule has 2 aromatic rings. The Morgan fingerprint density at radius 1 is 1.12 bits per heavy atom. The molecule has 1 atom stereocenters. The molecule has 1 unspecified atom stereocenters. The maximum atomic E-state index is 12.7. The normalized spacial score (nSPS) is 16.3. The van der Waals surface area contributed by atoms with E-state index in [4.69, 9.17) is 10.5 Å². The molecule has 1 heterocycles. The molecule has 138 valence electrons. The summed E-state index contributed by atoms with van der Waals surface area (Å²) in [5.74, 6) is 0.978.